The summed E-state index contributed by atoms with van der Waals surface area (Å²) >= 11 is 0. The Morgan fingerprint density at radius 1 is 0.893 bits per heavy atom. The minimum absolute atomic E-state index is 0.0384. The van der Waals surface area contributed by atoms with Crippen LogP contribution in [0.5, 0.6) is 11.5 Å². The zero-order chi connectivity index (χ0) is 19.9. The SMILES string of the molecule is CCOc1ccc(N2C(=O)N(c3ccc(OC)cc3)[C@@H]3CS(=O)(=O)C[C@H]32)cc1. The molecule has 0 aromatic heterocycles. The van der Waals surface area contributed by atoms with Gasteiger partial charge in [-0.15, -0.1) is 0 Å². The minimum Gasteiger partial charge on any atom is -0.497 e. The maximum Gasteiger partial charge on any atom is 0.329 e. The molecule has 2 aliphatic rings. The molecule has 0 radical (unpaired) electrons. The lowest BCUT2D eigenvalue weighted by Crippen LogP contribution is -2.37. The van der Waals surface area contributed by atoms with Crippen LogP contribution in [0.4, 0.5) is 16.2 Å². The van der Waals surface area contributed by atoms with Crippen LogP contribution in [-0.2, 0) is 9.84 Å². The van der Waals surface area contributed by atoms with E-state index in [1.165, 1.54) is 0 Å². The van der Waals surface area contributed by atoms with Crippen molar-refractivity contribution in [2.24, 2.45) is 0 Å². The third kappa shape index (κ3) is 3.17. The molecule has 2 saturated heterocycles. The highest BCUT2D eigenvalue weighted by atomic mass is 32.2. The molecule has 0 aliphatic carbocycles. The van der Waals surface area contributed by atoms with Gasteiger partial charge in [0.05, 0.1) is 37.3 Å². The average molecular weight is 402 g/mol. The van der Waals surface area contributed by atoms with Crippen LogP contribution in [0.2, 0.25) is 0 Å². The van der Waals surface area contributed by atoms with Crippen LogP contribution in [0, 0.1) is 0 Å². The zero-order valence-electron chi connectivity index (χ0n) is 15.7. The quantitative estimate of drug-likeness (QED) is 0.719. The van der Waals surface area contributed by atoms with Crippen molar-refractivity contribution in [2.45, 2.75) is 19.0 Å². The van der Waals surface area contributed by atoms with E-state index in [4.69, 9.17) is 9.47 Å². The Morgan fingerprint density at radius 2 is 1.36 bits per heavy atom. The molecule has 2 aromatic carbocycles. The Bertz CT molecular complexity index is 973. The fourth-order valence-corrected chi connectivity index (χ4v) is 5.84. The van der Waals surface area contributed by atoms with Crippen molar-refractivity contribution in [3.8, 4) is 11.5 Å². The highest BCUT2D eigenvalue weighted by Gasteiger charge is 2.54. The first-order valence-corrected chi connectivity index (χ1v) is 11.0. The van der Waals surface area contributed by atoms with Crippen molar-refractivity contribution in [2.75, 3.05) is 35.0 Å². The number of hydrogen-bond acceptors (Lipinski definition) is 5. The van der Waals surface area contributed by atoms with E-state index in [1.54, 1.807) is 65.4 Å². The molecule has 7 nitrogen and oxygen atoms in total. The highest BCUT2D eigenvalue weighted by Crippen LogP contribution is 2.38. The summed E-state index contributed by atoms with van der Waals surface area (Å²) in [5.41, 5.74) is 1.32. The van der Waals surface area contributed by atoms with E-state index in [1.807, 2.05) is 6.92 Å². The third-order valence-corrected chi connectivity index (χ3v) is 6.84. The number of urea groups is 1. The second-order valence-electron chi connectivity index (χ2n) is 6.86. The Labute approximate surface area is 164 Å². The number of carbonyl (C=O) groups excluding carboxylic acids is 1. The van der Waals surface area contributed by atoms with Gasteiger partial charge in [0.1, 0.15) is 11.5 Å². The lowest BCUT2D eigenvalue weighted by Gasteiger charge is -2.23. The standard InChI is InChI=1S/C20H22N2O5S/c1-3-27-17-10-6-15(7-11-17)22-19-13-28(24,25)12-18(19)21(20(22)23)14-4-8-16(26-2)9-5-14/h4-11,18-19H,3,12-13H2,1-2H3/t18-,19-/m1/s1. The molecular weight excluding hydrogens is 380 g/mol. The van der Waals surface area contributed by atoms with Gasteiger partial charge in [-0.2, -0.15) is 0 Å². The Morgan fingerprint density at radius 3 is 1.79 bits per heavy atom. The number of sulfone groups is 1. The summed E-state index contributed by atoms with van der Waals surface area (Å²) in [7, 11) is -1.65. The Balaban J connectivity index is 1.71. The molecule has 4 rings (SSSR count). The van der Waals surface area contributed by atoms with Crippen molar-refractivity contribution in [3.63, 3.8) is 0 Å². The molecule has 0 N–H and O–H groups in total. The molecule has 2 aliphatic heterocycles. The summed E-state index contributed by atoms with van der Waals surface area (Å²) in [6, 6.07) is 13.2. The maximum atomic E-state index is 13.3. The van der Waals surface area contributed by atoms with Gasteiger partial charge >= 0.3 is 6.03 Å². The van der Waals surface area contributed by atoms with Crippen LogP contribution in [0.1, 0.15) is 6.92 Å². The van der Waals surface area contributed by atoms with Gasteiger partial charge in [-0.3, -0.25) is 9.80 Å². The molecule has 2 heterocycles. The molecule has 0 unspecified atom stereocenters. The van der Waals surface area contributed by atoms with Crippen molar-refractivity contribution < 1.29 is 22.7 Å². The Kier molecular flexibility index (Phi) is 4.66. The van der Waals surface area contributed by atoms with Gasteiger partial charge in [0.25, 0.3) is 0 Å². The molecule has 28 heavy (non-hydrogen) atoms. The second-order valence-corrected chi connectivity index (χ2v) is 9.01. The predicted octanol–water partition coefficient (Wildman–Crippen LogP) is 2.71. The fraction of sp³-hybridized carbons (Fsp3) is 0.350. The minimum atomic E-state index is -3.23. The molecule has 2 atom stereocenters. The van der Waals surface area contributed by atoms with Gasteiger partial charge in [0.2, 0.25) is 0 Å². The highest BCUT2D eigenvalue weighted by molar-refractivity contribution is 7.91. The summed E-state index contributed by atoms with van der Waals surface area (Å²) in [6.07, 6.45) is 0. The number of rotatable bonds is 5. The topological polar surface area (TPSA) is 76.2 Å². The van der Waals surface area contributed by atoms with Gasteiger partial charge < -0.3 is 9.47 Å². The molecule has 0 bridgehead atoms. The zero-order valence-corrected chi connectivity index (χ0v) is 16.6. The van der Waals surface area contributed by atoms with E-state index < -0.39 is 21.9 Å². The number of carbonyl (C=O) groups is 1. The molecule has 2 fully saturated rings. The summed E-state index contributed by atoms with van der Waals surface area (Å²) in [6.45, 7) is 2.45. The van der Waals surface area contributed by atoms with Gasteiger partial charge in [-0.25, -0.2) is 13.2 Å². The van der Waals surface area contributed by atoms with Gasteiger partial charge in [0.15, 0.2) is 9.84 Å². The number of ether oxygens (including phenoxy) is 2. The molecule has 148 valence electrons. The maximum absolute atomic E-state index is 13.3. The van der Waals surface area contributed by atoms with Crippen LogP contribution >= 0.6 is 0 Å². The van der Waals surface area contributed by atoms with Crippen LogP contribution in [0.15, 0.2) is 48.5 Å². The Hall–Kier alpha value is -2.74. The lowest BCUT2D eigenvalue weighted by atomic mass is 10.1. The number of hydrogen-bond donors (Lipinski definition) is 0. The van der Waals surface area contributed by atoms with E-state index in [0.29, 0.717) is 29.5 Å². The van der Waals surface area contributed by atoms with E-state index in [-0.39, 0.29) is 17.5 Å². The van der Waals surface area contributed by atoms with Gasteiger partial charge in [-0.1, -0.05) is 0 Å². The number of nitrogens with zero attached hydrogens (tertiary/aromatic N) is 2. The van der Waals surface area contributed by atoms with Crippen LogP contribution in [0.25, 0.3) is 0 Å². The van der Waals surface area contributed by atoms with E-state index in [9.17, 15) is 13.2 Å². The number of anilines is 2. The monoisotopic (exact) mass is 402 g/mol. The van der Waals surface area contributed by atoms with Crippen LogP contribution in [0.3, 0.4) is 0 Å². The lowest BCUT2D eigenvalue weighted by molar-refractivity contribution is 0.255. The third-order valence-electron chi connectivity index (χ3n) is 5.15. The number of methoxy groups -OCH3 is 1. The predicted molar refractivity (Wildman–Crippen MR) is 107 cm³/mol. The second kappa shape index (κ2) is 7.01. The fourth-order valence-electron chi connectivity index (χ4n) is 3.92. The first kappa shape index (κ1) is 18.6. The van der Waals surface area contributed by atoms with Crippen molar-refractivity contribution in [1.82, 2.24) is 0 Å². The first-order valence-electron chi connectivity index (χ1n) is 9.13. The first-order chi connectivity index (χ1) is 13.4. The summed E-state index contributed by atoms with van der Waals surface area (Å²) < 4.78 is 35.3. The summed E-state index contributed by atoms with van der Waals surface area (Å²) in [5, 5.41) is 0. The number of fused-ring (bicyclic) bond motifs is 1. The molecule has 0 spiro atoms. The normalized spacial score (nSPS) is 23.0. The van der Waals surface area contributed by atoms with Crippen molar-refractivity contribution in [3.05, 3.63) is 48.5 Å². The number of amides is 2. The summed E-state index contributed by atoms with van der Waals surface area (Å²) in [4.78, 5) is 16.5. The smallest absolute Gasteiger partial charge is 0.329 e. The van der Waals surface area contributed by atoms with Crippen molar-refractivity contribution in [1.29, 1.82) is 0 Å². The van der Waals surface area contributed by atoms with E-state index >= 15 is 0 Å². The van der Waals surface area contributed by atoms with Crippen molar-refractivity contribution >= 4 is 27.2 Å². The number of benzene rings is 2. The van der Waals surface area contributed by atoms with E-state index in [2.05, 4.69) is 0 Å². The van der Waals surface area contributed by atoms with Gasteiger partial charge in [-0.05, 0) is 55.5 Å². The molecule has 0 saturated carbocycles. The van der Waals surface area contributed by atoms with E-state index in [0.717, 1.165) is 0 Å². The molecular formula is C20H22N2O5S. The average Bonchev–Trinajstić information content (AvgIpc) is 3.11. The largest absolute Gasteiger partial charge is 0.497 e. The van der Waals surface area contributed by atoms with Crippen LogP contribution in [-0.4, -0.2) is 51.8 Å². The van der Waals surface area contributed by atoms with Gasteiger partial charge in [0, 0.05) is 11.4 Å². The van der Waals surface area contributed by atoms with Crippen LogP contribution < -0.4 is 19.3 Å². The molecule has 8 heteroatoms. The summed E-state index contributed by atoms with van der Waals surface area (Å²) in [5.74, 6) is 1.31. The molecule has 2 aromatic rings. The molecule has 2 amide bonds.